The zero-order valence-corrected chi connectivity index (χ0v) is 36.8. The maximum Gasteiger partial charge on any atom is 0.187 e. The van der Waals surface area contributed by atoms with Crippen molar-refractivity contribution in [2.24, 2.45) is 52.3 Å². The molecule has 0 bridgehead atoms. The highest BCUT2D eigenvalue weighted by Crippen LogP contribution is 2.71. The molecule has 27 atom stereocenters. The minimum absolute atomic E-state index is 0.125. The molecule has 17 heteroatoms. The van der Waals surface area contributed by atoms with Crippen LogP contribution in [-0.2, 0) is 37.9 Å². The van der Waals surface area contributed by atoms with Crippen molar-refractivity contribution in [1.82, 2.24) is 0 Å². The van der Waals surface area contributed by atoms with Crippen LogP contribution in [0.2, 0.25) is 0 Å². The van der Waals surface area contributed by atoms with Crippen LogP contribution in [-0.4, -0.2) is 176 Å². The second kappa shape index (κ2) is 17.4. The predicted molar refractivity (Wildman–Crippen MR) is 214 cm³/mol. The summed E-state index contributed by atoms with van der Waals surface area (Å²) in [5, 5.41) is 95.6. The Morgan fingerprint density at radius 3 is 2.02 bits per heavy atom. The van der Waals surface area contributed by atoms with E-state index in [2.05, 4.69) is 27.7 Å². The molecule has 17 nitrogen and oxygen atoms in total. The lowest BCUT2D eigenvalue weighted by Crippen LogP contribution is -2.65. The number of hydrogen-bond donors (Lipinski definition) is 9. The minimum atomic E-state index is -1.73. The zero-order valence-electron chi connectivity index (χ0n) is 36.8. The number of aliphatic hydroxyl groups is 9. The van der Waals surface area contributed by atoms with Crippen LogP contribution in [0.4, 0.5) is 0 Å². The van der Waals surface area contributed by atoms with Gasteiger partial charge in [-0.1, -0.05) is 27.7 Å². The monoisotopic (exact) mass is 886 g/mol. The Morgan fingerprint density at radius 1 is 0.613 bits per heavy atom. The average Bonchev–Trinajstić information content (AvgIpc) is 3.70. The molecule has 0 radical (unpaired) electrons. The van der Waals surface area contributed by atoms with Crippen molar-refractivity contribution in [1.29, 1.82) is 0 Å². The summed E-state index contributed by atoms with van der Waals surface area (Å²) >= 11 is 0. The first-order valence-electron chi connectivity index (χ1n) is 23.7. The van der Waals surface area contributed by atoms with Crippen LogP contribution in [0.1, 0.15) is 98.8 Å². The number of hydrogen-bond acceptors (Lipinski definition) is 17. The average molecular weight is 887 g/mol. The van der Waals surface area contributed by atoms with Gasteiger partial charge in [-0.25, -0.2) is 0 Å². The van der Waals surface area contributed by atoms with Gasteiger partial charge in [-0.2, -0.15) is 0 Å². The SMILES string of the molecule is C[C@@H]1CC[C@]2(OC1)O[C@@H]1C[C@@H]3[C@H]4CC[C@H]5C[C@@H](O[C@H]6O[C@@H](CO[C@@H]7O[C@H](CO)[C@@H](O)[C@@H](O)[C@@H]7O)[C@H](O[C@@H]7O[C@H](C)[C@@H](O)[C@H](O)[C@@H]7O)[C@@H](O)[C@@H]6O)CC[C@@]5(C)[C@@H]4CC[C@@]3(C)[C@@H]1[C@H]2C. The molecule has 0 aromatic heterocycles. The molecule has 9 N–H and O–H groups in total. The first kappa shape index (κ1) is 46.4. The van der Waals surface area contributed by atoms with Crippen molar-refractivity contribution >= 4 is 0 Å². The van der Waals surface area contributed by atoms with E-state index in [4.69, 9.17) is 37.9 Å². The summed E-state index contributed by atoms with van der Waals surface area (Å²) in [7, 11) is 0. The molecule has 5 heterocycles. The van der Waals surface area contributed by atoms with E-state index < -0.39 is 111 Å². The Balaban J connectivity index is 0.866. The normalized spacial score (nSPS) is 58.9. The van der Waals surface area contributed by atoms with E-state index in [0.29, 0.717) is 41.4 Å². The molecular formula is C45H74O17. The first-order chi connectivity index (χ1) is 29.4. The molecule has 0 aromatic carbocycles. The van der Waals surface area contributed by atoms with Crippen molar-refractivity contribution in [2.45, 2.75) is 209 Å². The van der Waals surface area contributed by atoms with Gasteiger partial charge in [-0.3, -0.25) is 0 Å². The van der Waals surface area contributed by atoms with Gasteiger partial charge < -0.3 is 83.9 Å². The maximum atomic E-state index is 11.6. The van der Waals surface area contributed by atoms with Gasteiger partial charge in [0.1, 0.15) is 67.1 Å². The summed E-state index contributed by atoms with van der Waals surface area (Å²) in [6.45, 7) is 10.8. The highest BCUT2D eigenvalue weighted by molar-refractivity contribution is 5.15. The standard InChI is InChI=1S/C45H74O17/c1-19-8-13-45(56-17-19)20(2)30-27(62-45)15-26-24-7-6-22-14-23(9-11-43(22,4)25(24)10-12-44(26,30)5)58-42-38(54)35(51)39(61-41-37(53)33(49)31(47)21(3)57-41)29(60-42)18-55-40-36(52)34(50)32(48)28(16-46)59-40/h19-42,46-54H,6-18H2,1-5H3/t19-,20-,21-,22+,23+,24+,25-,26-,27-,28-,29+,30-,31-,32-,33+,34-,35+,36+,37+,38+,39+,40-,41+,42+,43-,44-,45+/m1/s1. The van der Waals surface area contributed by atoms with Crippen molar-refractivity contribution in [2.75, 3.05) is 19.8 Å². The molecular weight excluding hydrogens is 812 g/mol. The fraction of sp³-hybridized carbons (Fsp3) is 1.00. The largest absolute Gasteiger partial charge is 0.394 e. The number of aliphatic hydroxyl groups excluding tert-OH is 9. The quantitative estimate of drug-likeness (QED) is 0.149. The number of ether oxygens (including phenoxy) is 8. The topological polar surface area (TPSA) is 256 Å². The van der Waals surface area contributed by atoms with Crippen LogP contribution < -0.4 is 0 Å². The smallest absolute Gasteiger partial charge is 0.187 e. The van der Waals surface area contributed by atoms with Crippen LogP contribution in [0, 0.1) is 52.3 Å². The summed E-state index contributed by atoms with van der Waals surface area (Å²) in [4.78, 5) is 0. The third-order valence-corrected chi connectivity index (χ3v) is 18.2. The Morgan fingerprint density at radius 2 is 1.29 bits per heavy atom. The Bertz CT molecular complexity index is 1550. The third-order valence-electron chi connectivity index (χ3n) is 18.2. The van der Waals surface area contributed by atoms with E-state index in [0.717, 1.165) is 58.0 Å². The highest BCUT2D eigenvalue weighted by atomic mass is 16.8. The van der Waals surface area contributed by atoms with Gasteiger partial charge in [-0.05, 0) is 111 Å². The van der Waals surface area contributed by atoms with Gasteiger partial charge in [0.2, 0.25) is 0 Å². The van der Waals surface area contributed by atoms with Crippen molar-refractivity contribution in [3.8, 4) is 0 Å². The third kappa shape index (κ3) is 7.66. The molecule has 9 rings (SSSR count). The number of fused-ring (bicyclic) bond motifs is 7. The fourth-order valence-electron chi connectivity index (χ4n) is 14.5. The van der Waals surface area contributed by atoms with Gasteiger partial charge >= 0.3 is 0 Å². The second-order valence-electron chi connectivity index (χ2n) is 21.5. The molecule has 1 spiro atoms. The van der Waals surface area contributed by atoms with E-state index in [1.807, 2.05) is 0 Å². The Hall–Kier alpha value is -0.680. The molecule has 5 saturated heterocycles. The second-order valence-corrected chi connectivity index (χ2v) is 21.5. The predicted octanol–water partition coefficient (Wildman–Crippen LogP) is 0.294. The minimum Gasteiger partial charge on any atom is -0.394 e. The molecule has 0 amide bonds. The zero-order chi connectivity index (χ0) is 44.2. The summed E-state index contributed by atoms with van der Waals surface area (Å²) in [5.41, 5.74) is 0.353. The lowest BCUT2D eigenvalue weighted by molar-refractivity contribution is -0.369. The molecule has 0 unspecified atom stereocenters. The van der Waals surface area contributed by atoms with E-state index in [1.165, 1.54) is 19.8 Å². The lowest BCUT2D eigenvalue weighted by atomic mass is 9.44. The summed E-state index contributed by atoms with van der Waals surface area (Å²) in [5.74, 6) is 3.27. The van der Waals surface area contributed by atoms with E-state index in [9.17, 15) is 46.0 Å². The molecule has 62 heavy (non-hydrogen) atoms. The van der Waals surface area contributed by atoms with Crippen LogP contribution >= 0.6 is 0 Å². The number of rotatable bonds is 8. The van der Waals surface area contributed by atoms with Gasteiger partial charge in [0.05, 0.1) is 38.1 Å². The molecule has 9 fully saturated rings. The van der Waals surface area contributed by atoms with Crippen molar-refractivity contribution in [3.05, 3.63) is 0 Å². The summed E-state index contributed by atoms with van der Waals surface area (Å²) < 4.78 is 49.4. The van der Waals surface area contributed by atoms with Gasteiger partial charge in [0.15, 0.2) is 24.7 Å². The van der Waals surface area contributed by atoms with Gasteiger partial charge in [-0.15, -0.1) is 0 Å². The summed E-state index contributed by atoms with van der Waals surface area (Å²) in [6, 6.07) is 0. The fourth-order valence-corrected chi connectivity index (χ4v) is 14.5. The summed E-state index contributed by atoms with van der Waals surface area (Å²) in [6.07, 6.45) is -12.2. The van der Waals surface area contributed by atoms with Crippen LogP contribution in [0.15, 0.2) is 0 Å². The molecule has 5 aliphatic heterocycles. The molecule has 356 valence electrons. The van der Waals surface area contributed by atoms with E-state index in [-0.39, 0.29) is 23.0 Å². The van der Waals surface area contributed by atoms with E-state index >= 15 is 0 Å². The first-order valence-corrected chi connectivity index (χ1v) is 23.7. The Kier molecular flexibility index (Phi) is 13.1. The van der Waals surface area contributed by atoms with Gasteiger partial charge in [0.25, 0.3) is 0 Å². The van der Waals surface area contributed by atoms with E-state index in [1.54, 1.807) is 0 Å². The van der Waals surface area contributed by atoms with Crippen LogP contribution in [0.5, 0.6) is 0 Å². The molecule has 4 saturated carbocycles. The van der Waals surface area contributed by atoms with Crippen molar-refractivity contribution in [3.63, 3.8) is 0 Å². The Labute approximate surface area is 364 Å². The molecule has 9 aliphatic rings. The van der Waals surface area contributed by atoms with Crippen LogP contribution in [0.25, 0.3) is 0 Å². The van der Waals surface area contributed by atoms with Crippen LogP contribution in [0.3, 0.4) is 0 Å². The highest BCUT2D eigenvalue weighted by Gasteiger charge is 2.69. The van der Waals surface area contributed by atoms with Crippen molar-refractivity contribution < 1.29 is 83.9 Å². The maximum absolute atomic E-state index is 11.6. The molecule has 0 aromatic rings. The van der Waals surface area contributed by atoms with Gasteiger partial charge in [0, 0.05) is 12.3 Å². The molecule has 4 aliphatic carbocycles. The lowest BCUT2D eigenvalue weighted by Gasteiger charge is -2.61.